The van der Waals surface area contributed by atoms with E-state index in [1.165, 1.54) is 29.5 Å². The lowest BCUT2D eigenvalue weighted by Crippen LogP contribution is -2.55. The third-order valence-corrected chi connectivity index (χ3v) is 6.42. The summed E-state index contributed by atoms with van der Waals surface area (Å²) in [6.45, 7) is 0.861. The number of aromatic nitrogens is 3. The molecule has 0 aliphatic carbocycles. The number of amides is 1. The summed E-state index contributed by atoms with van der Waals surface area (Å²) >= 11 is 0. The molecule has 0 bridgehead atoms. The second-order valence-electron chi connectivity index (χ2n) is 5.98. The largest absolute Gasteiger partial charge is 0.325 e. The van der Waals surface area contributed by atoms with E-state index in [4.69, 9.17) is 0 Å². The SMILES string of the molecule is CS(=O)(=O)C1(C(=O)Nc2ccc(-n3cncn3)c(F)c2)CCNCC1.Cl. The fraction of sp³-hybridized carbons (Fsp3) is 0.400. The first kappa shape index (κ1) is 20.3. The van der Waals surface area contributed by atoms with E-state index in [1.54, 1.807) is 0 Å². The number of nitrogens with one attached hydrogen (secondary N) is 2. The van der Waals surface area contributed by atoms with Crippen molar-refractivity contribution in [3.05, 3.63) is 36.7 Å². The van der Waals surface area contributed by atoms with Gasteiger partial charge in [-0.1, -0.05) is 0 Å². The van der Waals surface area contributed by atoms with E-state index in [-0.39, 0.29) is 36.6 Å². The van der Waals surface area contributed by atoms with Crippen molar-refractivity contribution in [3.63, 3.8) is 0 Å². The van der Waals surface area contributed by atoms with Crippen LogP contribution in [0.15, 0.2) is 30.9 Å². The molecule has 2 N–H and O–H groups in total. The first-order valence-electron chi connectivity index (χ1n) is 7.70. The molecular formula is C15H19ClFN5O3S. The Morgan fingerprint density at radius 3 is 2.58 bits per heavy atom. The molecule has 2 heterocycles. The van der Waals surface area contributed by atoms with Crippen LogP contribution in [0.25, 0.3) is 5.69 Å². The van der Waals surface area contributed by atoms with E-state index in [9.17, 15) is 17.6 Å². The molecule has 0 unspecified atom stereocenters. The van der Waals surface area contributed by atoms with Gasteiger partial charge in [-0.05, 0) is 44.1 Å². The molecule has 0 spiro atoms. The molecule has 1 fully saturated rings. The molecule has 1 aliphatic rings. The van der Waals surface area contributed by atoms with Gasteiger partial charge in [0.2, 0.25) is 5.91 Å². The molecule has 1 amide bonds. The van der Waals surface area contributed by atoms with Gasteiger partial charge in [0, 0.05) is 11.9 Å². The number of rotatable bonds is 4. The normalized spacial score (nSPS) is 16.5. The third-order valence-electron chi connectivity index (χ3n) is 4.41. The van der Waals surface area contributed by atoms with E-state index < -0.39 is 26.3 Å². The van der Waals surface area contributed by atoms with Gasteiger partial charge in [0.15, 0.2) is 20.4 Å². The predicted octanol–water partition coefficient (Wildman–Crippen LogP) is 0.933. The van der Waals surface area contributed by atoms with E-state index in [0.717, 1.165) is 12.3 Å². The summed E-state index contributed by atoms with van der Waals surface area (Å²) in [6, 6.07) is 4.07. The maximum absolute atomic E-state index is 14.3. The number of carbonyl (C=O) groups is 1. The van der Waals surface area contributed by atoms with Crippen LogP contribution >= 0.6 is 12.4 Å². The number of halogens is 2. The zero-order chi connectivity index (χ0) is 18.1. The summed E-state index contributed by atoms with van der Waals surface area (Å²) in [5.41, 5.74) is 0.364. The topological polar surface area (TPSA) is 106 Å². The Labute approximate surface area is 156 Å². The summed E-state index contributed by atoms with van der Waals surface area (Å²) in [5.74, 6) is -1.24. The number of piperidine rings is 1. The van der Waals surface area contributed by atoms with Crippen molar-refractivity contribution < 1.29 is 17.6 Å². The highest BCUT2D eigenvalue weighted by Gasteiger charge is 2.48. The molecule has 1 aliphatic heterocycles. The first-order chi connectivity index (χ1) is 11.8. The Kier molecular flexibility index (Phi) is 5.99. The number of sulfone groups is 1. The second-order valence-corrected chi connectivity index (χ2v) is 8.30. The van der Waals surface area contributed by atoms with Gasteiger partial charge in [-0.15, -0.1) is 12.4 Å². The summed E-state index contributed by atoms with van der Waals surface area (Å²) in [4.78, 5) is 16.4. The maximum atomic E-state index is 14.3. The highest BCUT2D eigenvalue weighted by molar-refractivity contribution is 7.92. The van der Waals surface area contributed by atoms with E-state index >= 15 is 0 Å². The Bertz CT molecular complexity index is 883. The third kappa shape index (κ3) is 3.71. The molecule has 11 heteroatoms. The van der Waals surface area contributed by atoms with Crippen LogP contribution in [-0.4, -0.2) is 53.2 Å². The average Bonchev–Trinajstić information content (AvgIpc) is 3.08. The quantitative estimate of drug-likeness (QED) is 0.786. The van der Waals surface area contributed by atoms with Crippen LogP contribution in [0.3, 0.4) is 0 Å². The fourth-order valence-corrected chi connectivity index (χ4v) is 4.28. The molecular weight excluding hydrogens is 385 g/mol. The van der Waals surface area contributed by atoms with Crippen molar-refractivity contribution in [3.8, 4) is 5.69 Å². The van der Waals surface area contributed by atoms with Crippen LogP contribution in [0.2, 0.25) is 0 Å². The Hall–Kier alpha value is -2.04. The van der Waals surface area contributed by atoms with Crippen LogP contribution < -0.4 is 10.6 Å². The highest BCUT2D eigenvalue weighted by atomic mass is 35.5. The molecule has 3 rings (SSSR count). The lowest BCUT2D eigenvalue weighted by atomic mass is 9.95. The zero-order valence-electron chi connectivity index (χ0n) is 14.0. The lowest BCUT2D eigenvalue weighted by Gasteiger charge is -2.34. The Balaban J connectivity index is 0.00000243. The van der Waals surface area contributed by atoms with Crippen molar-refractivity contribution in [2.75, 3.05) is 24.7 Å². The molecule has 0 radical (unpaired) electrons. The standard InChI is InChI=1S/C15H18FN5O3S.ClH/c1-25(23,24)15(4-6-17-7-5-15)14(22)20-11-2-3-13(12(16)8-11)21-10-18-9-19-21;/h2-3,8-10,17H,4-7H2,1H3,(H,20,22);1H. The van der Waals surface area contributed by atoms with Gasteiger partial charge in [-0.25, -0.2) is 22.5 Å². The lowest BCUT2D eigenvalue weighted by molar-refractivity contribution is -0.119. The van der Waals surface area contributed by atoms with Crippen molar-refractivity contribution in [2.24, 2.45) is 0 Å². The monoisotopic (exact) mass is 403 g/mol. The van der Waals surface area contributed by atoms with Gasteiger partial charge in [0.05, 0.1) is 0 Å². The minimum atomic E-state index is -3.63. The minimum absolute atomic E-state index is 0. The van der Waals surface area contributed by atoms with Crippen LogP contribution in [0.4, 0.5) is 10.1 Å². The second kappa shape index (κ2) is 7.68. The molecule has 1 saturated heterocycles. The number of benzene rings is 1. The maximum Gasteiger partial charge on any atom is 0.245 e. The van der Waals surface area contributed by atoms with Gasteiger partial charge < -0.3 is 10.6 Å². The van der Waals surface area contributed by atoms with Gasteiger partial charge in [-0.2, -0.15) is 5.10 Å². The van der Waals surface area contributed by atoms with Gasteiger partial charge >= 0.3 is 0 Å². The van der Waals surface area contributed by atoms with Crippen LogP contribution in [0.5, 0.6) is 0 Å². The number of anilines is 1. The van der Waals surface area contributed by atoms with Crippen LogP contribution in [-0.2, 0) is 14.6 Å². The summed E-state index contributed by atoms with van der Waals surface area (Å²) in [6.07, 6.45) is 4.05. The minimum Gasteiger partial charge on any atom is -0.325 e. The van der Waals surface area contributed by atoms with Crippen molar-refractivity contribution >= 4 is 33.8 Å². The zero-order valence-corrected chi connectivity index (χ0v) is 15.6. The number of nitrogens with zero attached hydrogens (tertiary/aromatic N) is 3. The van der Waals surface area contributed by atoms with Crippen molar-refractivity contribution in [2.45, 2.75) is 17.6 Å². The van der Waals surface area contributed by atoms with E-state index in [0.29, 0.717) is 13.1 Å². The van der Waals surface area contributed by atoms with Crippen molar-refractivity contribution in [1.82, 2.24) is 20.1 Å². The first-order valence-corrected chi connectivity index (χ1v) is 9.59. The molecule has 26 heavy (non-hydrogen) atoms. The Morgan fingerprint density at radius 1 is 1.35 bits per heavy atom. The fourth-order valence-electron chi connectivity index (χ4n) is 2.94. The molecule has 0 saturated carbocycles. The Morgan fingerprint density at radius 2 is 2.04 bits per heavy atom. The summed E-state index contributed by atoms with van der Waals surface area (Å²) in [7, 11) is -3.63. The summed E-state index contributed by atoms with van der Waals surface area (Å²) in [5, 5.41) is 9.43. The van der Waals surface area contributed by atoms with Crippen molar-refractivity contribution in [1.29, 1.82) is 0 Å². The van der Waals surface area contributed by atoms with Crippen LogP contribution in [0.1, 0.15) is 12.8 Å². The smallest absolute Gasteiger partial charge is 0.245 e. The van der Waals surface area contributed by atoms with E-state index in [2.05, 4.69) is 20.7 Å². The number of hydrogen-bond acceptors (Lipinski definition) is 6. The van der Waals surface area contributed by atoms with Crippen LogP contribution in [0, 0.1) is 5.82 Å². The number of carbonyl (C=O) groups excluding carboxylic acids is 1. The molecule has 1 aromatic carbocycles. The predicted molar refractivity (Wildman–Crippen MR) is 96.9 cm³/mol. The average molecular weight is 404 g/mol. The molecule has 142 valence electrons. The van der Waals surface area contributed by atoms with Gasteiger partial charge in [0.25, 0.3) is 0 Å². The van der Waals surface area contributed by atoms with Gasteiger partial charge in [-0.3, -0.25) is 4.79 Å². The summed E-state index contributed by atoms with van der Waals surface area (Å²) < 4.78 is 38.5. The number of hydrogen-bond donors (Lipinski definition) is 2. The molecule has 0 atom stereocenters. The van der Waals surface area contributed by atoms with Gasteiger partial charge in [0.1, 0.15) is 18.3 Å². The highest BCUT2D eigenvalue weighted by Crippen LogP contribution is 2.30. The van der Waals surface area contributed by atoms with E-state index in [1.807, 2.05) is 0 Å². The molecule has 8 nitrogen and oxygen atoms in total. The molecule has 1 aromatic heterocycles. The molecule has 2 aromatic rings.